The standard InChI is InChI=1S/C23H29FN4O2S/c1-17(27-12-14-28(15-13-27)19-10-8-18(24)9-11-19)23(30)26(2)16-22(29)25-20-6-4-5-7-21(20)31-3/h4-11,17H,12-16H2,1-3H3,(H,25,29). The van der Waals surface area contributed by atoms with Gasteiger partial charge in [-0.15, -0.1) is 11.8 Å². The molecule has 1 fully saturated rings. The van der Waals surface area contributed by atoms with Gasteiger partial charge in [0.25, 0.3) is 0 Å². The van der Waals surface area contributed by atoms with Crippen molar-refractivity contribution in [1.82, 2.24) is 9.80 Å². The van der Waals surface area contributed by atoms with Gasteiger partial charge in [-0.25, -0.2) is 4.39 Å². The lowest BCUT2D eigenvalue weighted by atomic mass is 10.2. The van der Waals surface area contributed by atoms with Crippen LogP contribution in [0.5, 0.6) is 0 Å². The average molecular weight is 445 g/mol. The van der Waals surface area contributed by atoms with Gasteiger partial charge in [-0.3, -0.25) is 14.5 Å². The molecule has 1 saturated heterocycles. The molecule has 1 aliphatic heterocycles. The third-order valence-electron chi connectivity index (χ3n) is 5.55. The largest absolute Gasteiger partial charge is 0.369 e. The highest BCUT2D eigenvalue weighted by Crippen LogP contribution is 2.24. The molecule has 2 aromatic rings. The van der Waals surface area contributed by atoms with E-state index in [1.807, 2.05) is 37.4 Å². The van der Waals surface area contributed by atoms with Gasteiger partial charge in [-0.2, -0.15) is 0 Å². The zero-order valence-electron chi connectivity index (χ0n) is 18.2. The molecule has 2 aromatic carbocycles. The summed E-state index contributed by atoms with van der Waals surface area (Å²) in [5, 5.41) is 2.89. The second-order valence-electron chi connectivity index (χ2n) is 7.62. The van der Waals surface area contributed by atoms with Crippen molar-refractivity contribution in [1.29, 1.82) is 0 Å². The molecular weight excluding hydrogens is 415 g/mol. The predicted octanol–water partition coefficient (Wildman–Crippen LogP) is 3.16. The molecule has 0 aromatic heterocycles. The topological polar surface area (TPSA) is 55.9 Å². The summed E-state index contributed by atoms with van der Waals surface area (Å²) >= 11 is 1.56. The van der Waals surface area contributed by atoms with Gasteiger partial charge in [0.05, 0.1) is 18.3 Å². The van der Waals surface area contributed by atoms with Crippen LogP contribution in [0.1, 0.15) is 6.92 Å². The molecule has 0 bridgehead atoms. The highest BCUT2D eigenvalue weighted by Gasteiger charge is 2.28. The lowest BCUT2D eigenvalue weighted by molar-refractivity contribution is -0.137. The van der Waals surface area contributed by atoms with Crippen LogP contribution in [0.25, 0.3) is 0 Å². The summed E-state index contributed by atoms with van der Waals surface area (Å²) in [5.74, 6) is -0.542. The minimum atomic E-state index is -0.313. The highest BCUT2D eigenvalue weighted by molar-refractivity contribution is 7.98. The van der Waals surface area contributed by atoms with Gasteiger partial charge in [0, 0.05) is 43.8 Å². The molecule has 0 aliphatic carbocycles. The number of nitrogens with zero attached hydrogens (tertiary/aromatic N) is 3. The number of rotatable bonds is 7. The normalized spacial score (nSPS) is 15.4. The SMILES string of the molecule is CSc1ccccc1NC(=O)CN(C)C(=O)C(C)N1CCN(c2ccc(F)cc2)CC1. The summed E-state index contributed by atoms with van der Waals surface area (Å²) in [7, 11) is 1.66. The number of anilines is 2. The fraction of sp³-hybridized carbons (Fsp3) is 0.391. The zero-order chi connectivity index (χ0) is 22.4. The molecule has 1 aliphatic rings. The number of para-hydroxylation sites is 1. The molecule has 166 valence electrons. The third-order valence-corrected chi connectivity index (χ3v) is 6.35. The van der Waals surface area contributed by atoms with Crippen LogP contribution in [-0.2, 0) is 9.59 Å². The number of hydrogen-bond donors (Lipinski definition) is 1. The Balaban J connectivity index is 1.50. The number of thioether (sulfide) groups is 1. The molecule has 2 amide bonds. The molecule has 1 unspecified atom stereocenters. The van der Waals surface area contributed by atoms with Gasteiger partial charge < -0.3 is 15.1 Å². The second kappa shape index (κ2) is 10.6. The van der Waals surface area contributed by atoms with Gasteiger partial charge >= 0.3 is 0 Å². The van der Waals surface area contributed by atoms with E-state index in [1.165, 1.54) is 17.0 Å². The number of nitrogens with one attached hydrogen (secondary N) is 1. The number of carbonyl (C=O) groups is 2. The van der Waals surface area contributed by atoms with Crippen LogP contribution in [0.3, 0.4) is 0 Å². The van der Waals surface area contributed by atoms with Crippen molar-refractivity contribution < 1.29 is 14.0 Å². The summed E-state index contributed by atoms with van der Waals surface area (Å²) in [5.41, 5.74) is 1.74. The maximum atomic E-state index is 13.1. The van der Waals surface area contributed by atoms with Crippen LogP contribution in [0.2, 0.25) is 0 Å². The van der Waals surface area contributed by atoms with Crippen molar-refractivity contribution >= 4 is 35.0 Å². The Morgan fingerprint density at radius 2 is 1.74 bits per heavy atom. The van der Waals surface area contributed by atoms with E-state index in [1.54, 1.807) is 30.9 Å². The first-order valence-corrected chi connectivity index (χ1v) is 11.5. The van der Waals surface area contributed by atoms with Crippen LogP contribution < -0.4 is 10.2 Å². The first-order chi connectivity index (χ1) is 14.9. The van der Waals surface area contributed by atoms with Crippen molar-refractivity contribution in [3.05, 3.63) is 54.3 Å². The average Bonchev–Trinajstić information content (AvgIpc) is 2.79. The summed E-state index contributed by atoms with van der Waals surface area (Å²) in [6, 6.07) is 13.8. The van der Waals surface area contributed by atoms with Crippen LogP contribution in [0.15, 0.2) is 53.4 Å². The molecule has 6 nitrogen and oxygen atoms in total. The Hall–Kier alpha value is -2.58. The summed E-state index contributed by atoms with van der Waals surface area (Å²) in [4.78, 5) is 32.1. The van der Waals surface area contributed by atoms with E-state index in [0.717, 1.165) is 42.4 Å². The number of hydrogen-bond acceptors (Lipinski definition) is 5. The van der Waals surface area contributed by atoms with Crippen molar-refractivity contribution in [3.8, 4) is 0 Å². The van der Waals surface area contributed by atoms with Crippen LogP contribution >= 0.6 is 11.8 Å². The molecule has 1 N–H and O–H groups in total. The molecule has 8 heteroatoms. The van der Waals surface area contributed by atoms with Crippen molar-refractivity contribution in [2.75, 3.05) is 56.2 Å². The smallest absolute Gasteiger partial charge is 0.244 e. The highest BCUT2D eigenvalue weighted by atomic mass is 32.2. The number of benzene rings is 2. The minimum Gasteiger partial charge on any atom is -0.369 e. The van der Waals surface area contributed by atoms with Crippen LogP contribution in [0.4, 0.5) is 15.8 Å². The zero-order valence-corrected chi connectivity index (χ0v) is 19.0. The van der Waals surface area contributed by atoms with E-state index < -0.39 is 0 Å². The van der Waals surface area contributed by atoms with E-state index >= 15 is 0 Å². The number of carbonyl (C=O) groups excluding carboxylic acids is 2. The van der Waals surface area contributed by atoms with Crippen molar-refractivity contribution in [2.45, 2.75) is 17.9 Å². The molecule has 3 rings (SSSR count). The van der Waals surface area contributed by atoms with E-state index in [9.17, 15) is 14.0 Å². The Labute approximate surface area is 187 Å². The van der Waals surface area contributed by atoms with E-state index in [0.29, 0.717) is 0 Å². The van der Waals surface area contributed by atoms with Crippen LogP contribution in [0, 0.1) is 5.82 Å². The fourth-order valence-corrected chi connectivity index (χ4v) is 4.28. The monoisotopic (exact) mass is 444 g/mol. The number of amides is 2. The maximum absolute atomic E-state index is 13.1. The van der Waals surface area contributed by atoms with Crippen molar-refractivity contribution in [3.63, 3.8) is 0 Å². The molecule has 0 saturated carbocycles. The third kappa shape index (κ3) is 5.98. The molecular formula is C23H29FN4O2S. The number of likely N-dealkylation sites (N-methyl/N-ethyl adjacent to an activating group) is 1. The summed E-state index contributed by atoms with van der Waals surface area (Å²) in [6.45, 7) is 4.86. The molecule has 1 atom stereocenters. The Kier molecular flexibility index (Phi) is 7.92. The predicted molar refractivity (Wildman–Crippen MR) is 124 cm³/mol. The lowest BCUT2D eigenvalue weighted by Gasteiger charge is -2.39. The van der Waals surface area contributed by atoms with Gasteiger partial charge in [-0.05, 0) is 49.6 Å². The molecule has 0 radical (unpaired) electrons. The molecule has 1 heterocycles. The van der Waals surface area contributed by atoms with Gasteiger partial charge in [0.15, 0.2) is 0 Å². The van der Waals surface area contributed by atoms with Gasteiger partial charge in [0.1, 0.15) is 5.82 Å². The van der Waals surface area contributed by atoms with Crippen LogP contribution in [-0.4, -0.2) is 73.7 Å². The van der Waals surface area contributed by atoms with Gasteiger partial charge in [0.2, 0.25) is 11.8 Å². The van der Waals surface area contributed by atoms with Gasteiger partial charge in [-0.1, -0.05) is 12.1 Å². The molecule has 31 heavy (non-hydrogen) atoms. The summed E-state index contributed by atoms with van der Waals surface area (Å²) < 4.78 is 13.1. The Morgan fingerprint density at radius 3 is 2.39 bits per heavy atom. The number of piperazine rings is 1. The number of halogens is 1. The van der Waals surface area contributed by atoms with Crippen molar-refractivity contribution in [2.24, 2.45) is 0 Å². The second-order valence-corrected chi connectivity index (χ2v) is 8.47. The Bertz CT molecular complexity index is 901. The Morgan fingerprint density at radius 1 is 1.10 bits per heavy atom. The first-order valence-electron chi connectivity index (χ1n) is 10.3. The maximum Gasteiger partial charge on any atom is 0.244 e. The first kappa shape index (κ1) is 23.1. The van der Waals surface area contributed by atoms with E-state index in [2.05, 4.69) is 15.1 Å². The van der Waals surface area contributed by atoms with E-state index in [4.69, 9.17) is 0 Å². The lowest BCUT2D eigenvalue weighted by Crippen LogP contribution is -2.54. The van der Waals surface area contributed by atoms with E-state index in [-0.39, 0.29) is 30.2 Å². The fourth-order valence-electron chi connectivity index (χ4n) is 3.73. The summed E-state index contributed by atoms with van der Waals surface area (Å²) in [6.07, 6.45) is 1.96. The quantitative estimate of drug-likeness (QED) is 0.665. The molecule has 0 spiro atoms. The minimum absolute atomic E-state index is 0.00142.